The summed E-state index contributed by atoms with van der Waals surface area (Å²) in [7, 11) is 0. The van der Waals surface area contributed by atoms with E-state index < -0.39 is 0 Å². The van der Waals surface area contributed by atoms with Gasteiger partial charge in [-0.1, -0.05) is 22.0 Å². The van der Waals surface area contributed by atoms with E-state index in [1.165, 1.54) is 0 Å². The Balaban J connectivity index is 3.00. The Labute approximate surface area is 80.5 Å². The minimum absolute atomic E-state index is 0.0180. The largest absolute Gasteiger partial charge is 0.394 e. The van der Waals surface area contributed by atoms with E-state index in [1.54, 1.807) is 0 Å². The van der Waals surface area contributed by atoms with E-state index >= 15 is 0 Å². The van der Waals surface area contributed by atoms with Crippen LogP contribution in [0.2, 0.25) is 0 Å². The maximum atomic E-state index is 8.83. The molecule has 0 aliphatic heterocycles. The topological polar surface area (TPSA) is 46.2 Å². The highest BCUT2D eigenvalue weighted by Crippen LogP contribution is 2.18. The first kappa shape index (κ1) is 9.71. The summed E-state index contributed by atoms with van der Waals surface area (Å²) in [5.74, 6) is 0. The van der Waals surface area contributed by atoms with Crippen LogP contribution in [-0.2, 0) is 0 Å². The molecule has 0 radical (unpaired) electrons. The lowest BCUT2D eigenvalue weighted by atomic mass is 10.1. The SMILES string of the molecule is Cc1cc(Br)cc([C@H](N)CO)c1. The molecular weight excluding hydrogens is 218 g/mol. The van der Waals surface area contributed by atoms with Crippen molar-refractivity contribution in [3.63, 3.8) is 0 Å². The van der Waals surface area contributed by atoms with Gasteiger partial charge in [-0.05, 0) is 30.2 Å². The maximum absolute atomic E-state index is 8.83. The molecule has 3 N–H and O–H groups in total. The third kappa shape index (κ3) is 2.30. The number of aryl methyl sites for hydroxylation is 1. The molecule has 0 saturated carbocycles. The lowest BCUT2D eigenvalue weighted by Gasteiger charge is -2.09. The molecule has 0 aromatic heterocycles. The molecule has 12 heavy (non-hydrogen) atoms. The number of aliphatic hydroxyl groups excluding tert-OH is 1. The number of halogens is 1. The van der Waals surface area contributed by atoms with Crippen LogP contribution in [0.3, 0.4) is 0 Å². The highest BCUT2D eigenvalue weighted by molar-refractivity contribution is 9.10. The van der Waals surface area contributed by atoms with Crippen LogP contribution in [0.4, 0.5) is 0 Å². The molecule has 1 aromatic rings. The highest BCUT2D eigenvalue weighted by atomic mass is 79.9. The second kappa shape index (κ2) is 4.03. The van der Waals surface area contributed by atoms with Gasteiger partial charge in [0.15, 0.2) is 0 Å². The molecule has 0 saturated heterocycles. The maximum Gasteiger partial charge on any atom is 0.0624 e. The van der Waals surface area contributed by atoms with Crippen molar-refractivity contribution < 1.29 is 5.11 Å². The van der Waals surface area contributed by atoms with Crippen molar-refractivity contribution >= 4 is 15.9 Å². The van der Waals surface area contributed by atoms with E-state index in [0.29, 0.717) is 0 Å². The van der Waals surface area contributed by atoms with Crippen LogP contribution in [0.15, 0.2) is 22.7 Å². The van der Waals surface area contributed by atoms with Gasteiger partial charge in [0.05, 0.1) is 12.6 Å². The molecule has 0 aliphatic carbocycles. The molecule has 0 unspecified atom stereocenters. The minimum Gasteiger partial charge on any atom is -0.394 e. The summed E-state index contributed by atoms with van der Waals surface area (Å²) in [4.78, 5) is 0. The van der Waals surface area contributed by atoms with Crippen molar-refractivity contribution in [1.82, 2.24) is 0 Å². The van der Waals surface area contributed by atoms with Crippen molar-refractivity contribution in [2.45, 2.75) is 13.0 Å². The monoisotopic (exact) mass is 229 g/mol. The minimum atomic E-state index is -0.277. The average Bonchev–Trinajstić information content (AvgIpc) is 2.01. The Morgan fingerprint density at radius 3 is 2.67 bits per heavy atom. The number of rotatable bonds is 2. The van der Waals surface area contributed by atoms with Gasteiger partial charge in [-0.15, -0.1) is 0 Å². The molecular formula is C9H12BrNO. The zero-order valence-electron chi connectivity index (χ0n) is 6.92. The van der Waals surface area contributed by atoms with Gasteiger partial charge in [0, 0.05) is 4.47 Å². The van der Waals surface area contributed by atoms with Crippen LogP contribution in [-0.4, -0.2) is 11.7 Å². The molecule has 0 aliphatic rings. The summed E-state index contributed by atoms with van der Waals surface area (Å²) < 4.78 is 1.00. The Morgan fingerprint density at radius 2 is 2.17 bits per heavy atom. The van der Waals surface area contributed by atoms with Gasteiger partial charge in [-0.25, -0.2) is 0 Å². The van der Waals surface area contributed by atoms with Gasteiger partial charge in [-0.3, -0.25) is 0 Å². The highest BCUT2D eigenvalue weighted by Gasteiger charge is 2.04. The Morgan fingerprint density at radius 1 is 1.50 bits per heavy atom. The fraction of sp³-hybridized carbons (Fsp3) is 0.333. The molecule has 3 heteroatoms. The smallest absolute Gasteiger partial charge is 0.0624 e. The molecule has 0 amide bonds. The van der Waals surface area contributed by atoms with E-state index in [9.17, 15) is 0 Å². The number of hydrogen-bond donors (Lipinski definition) is 2. The van der Waals surface area contributed by atoms with Crippen LogP contribution < -0.4 is 5.73 Å². The summed E-state index contributed by atoms with van der Waals surface area (Å²) in [5, 5.41) is 8.83. The molecule has 2 nitrogen and oxygen atoms in total. The van der Waals surface area contributed by atoms with Crippen LogP contribution in [0.25, 0.3) is 0 Å². The summed E-state index contributed by atoms with van der Waals surface area (Å²) >= 11 is 3.37. The fourth-order valence-electron chi connectivity index (χ4n) is 1.08. The zero-order chi connectivity index (χ0) is 9.14. The average molecular weight is 230 g/mol. The molecule has 66 valence electrons. The number of aliphatic hydroxyl groups is 1. The molecule has 1 atom stereocenters. The normalized spacial score (nSPS) is 13.0. The van der Waals surface area contributed by atoms with Crippen LogP contribution in [0, 0.1) is 6.92 Å². The van der Waals surface area contributed by atoms with Gasteiger partial charge in [-0.2, -0.15) is 0 Å². The van der Waals surface area contributed by atoms with E-state index in [4.69, 9.17) is 10.8 Å². The molecule has 0 bridgehead atoms. The predicted octanol–water partition coefficient (Wildman–Crippen LogP) is 1.75. The van der Waals surface area contributed by atoms with Gasteiger partial charge in [0.25, 0.3) is 0 Å². The van der Waals surface area contributed by atoms with Crippen molar-refractivity contribution in [2.24, 2.45) is 5.73 Å². The number of nitrogens with two attached hydrogens (primary N) is 1. The number of benzene rings is 1. The first-order chi connectivity index (χ1) is 5.63. The zero-order valence-corrected chi connectivity index (χ0v) is 8.51. The van der Waals surface area contributed by atoms with Crippen LogP contribution in [0.1, 0.15) is 17.2 Å². The number of hydrogen-bond acceptors (Lipinski definition) is 2. The van der Waals surface area contributed by atoms with Gasteiger partial charge in [0.2, 0.25) is 0 Å². The first-order valence-electron chi connectivity index (χ1n) is 3.77. The van der Waals surface area contributed by atoms with Crippen LogP contribution in [0.5, 0.6) is 0 Å². The molecule has 0 heterocycles. The lowest BCUT2D eigenvalue weighted by molar-refractivity contribution is 0.268. The van der Waals surface area contributed by atoms with E-state index in [0.717, 1.165) is 15.6 Å². The molecule has 1 aromatic carbocycles. The van der Waals surface area contributed by atoms with Crippen molar-refractivity contribution in [2.75, 3.05) is 6.61 Å². The summed E-state index contributed by atoms with van der Waals surface area (Å²) in [5.41, 5.74) is 7.77. The molecule has 0 fully saturated rings. The third-order valence-electron chi connectivity index (χ3n) is 1.69. The summed E-state index contributed by atoms with van der Waals surface area (Å²) in [6.45, 7) is 1.98. The molecule has 1 rings (SSSR count). The molecule has 0 spiro atoms. The first-order valence-corrected chi connectivity index (χ1v) is 4.56. The van der Waals surface area contributed by atoms with Gasteiger partial charge >= 0.3 is 0 Å². The second-order valence-electron chi connectivity index (χ2n) is 2.85. The second-order valence-corrected chi connectivity index (χ2v) is 3.77. The Bertz CT molecular complexity index is 255. The van der Waals surface area contributed by atoms with Crippen LogP contribution >= 0.6 is 15.9 Å². The van der Waals surface area contributed by atoms with Crippen molar-refractivity contribution in [3.05, 3.63) is 33.8 Å². The Hall–Kier alpha value is -0.380. The van der Waals surface area contributed by atoms with Gasteiger partial charge < -0.3 is 10.8 Å². The third-order valence-corrected chi connectivity index (χ3v) is 2.15. The fourth-order valence-corrected chi connectivity index (χ4v) is 1.71. The summed E-state index contributed by atoms with van der Waals surface area (Å²) in [6.07, 6.45) is 0. The van der Waals surface area contributed by atoms with E-state index in [-0.39, 0.29) is 12.6 Å². The van der Waals surface area contributed by atoms with Crippen molar-refractivity contribution in [1.29, 1.82) is 0 Å². The van der Waals surface area contributed by atoms with E-state index in [1.807, 2.05) is 25.1 Å². The quantitative estimate of drug-likeness (QED) is 0.812. The predicted molar refractivity (Wildman–Crippen MR) is 52.9 cm³/mol. The standard InChI is InChI=1S/C9H12BrNO/c1-6-2-7(9(11)5-12)4-8(10)3-6/h2-4,9,12H,5,11H2,1H3/t9-/m1/s1. The Kier molecular flexibility index (Phi) is 3.26. The van der Waals surface area contributed by atoms with E-state index in [2.05, 4.69) is 15.9 Å². The van der Waals surface area contributed by atoms with Crippen molar-refractivity contribution in [3.8, 4) is 0 Å². The lowest BCUT2D eigenvalue weighted by Crippen LogP contribution is -2.14. The van der Waals surface area contributed by atoms with Gasteiger partial charge in [0.1, 0.15) is 0 Å². The summed E-state index contributed by atoms with van der Waals surface area (Å²) in [6, 6.07) is 5.63.